The second-order valence-electron chi connectivity index (χ2n) is 2.99. The molecule has 0 saturated heterocycles. The van der Waals surface area contributed by atoms with Gasteiger partial charge < -0.3 is 0 Å². The molecule has 70 valence electrons. The highest BCUT2D eigenvalue weighted by Gasteiger charge is 2.01. The van der Waals surface area contributed by atoms with Gasteiger partial charge in [-0.3, -0.25) is 4.98 Å². The van der Waals surface area contributed by atoms with E-state index in [1.807, 2.05) is 6.07 Å². The lowest BCUT2D eigenvalue weighted by atomic mass is 10.1. The van der Waals surface area contributed by atoms with Crippen molar-refractivity contribution in [1.82, 2.24) is 4.98 Å². The van der Waals surface area contributed by atoms with Gasteiger partial charge in [-0.15, -0.1) is 0 Å². The number of nitrogens with zero attached hydrogens (tertiary/aromatic N) is 1. The van der Waals surface area contributed by atoms with Crippen molar-refractivity contribution in [2.45, 2.75) is 13.7 Å². The molecule has 0 aliphatic heterocycles. The monoisotopic (exact) mass is 189 g/mol. The number of rotatable bonds is 1. The maximum atomic E-state index is 7.57. The van der Waals surface area contributed by atoms with Gasteiger partial charge in [-0.1, -0.05) is 36.4 Å². The van der Waals surface area contributed by atoms with Crippen molar-refractivity contribution in [3.05, 3.63) is 53.7 Å². The third kappa shape index (κ3) is 1.67. The van der Waals surface area contributed by atoms with Crippen molar-refractivity contribution in [2.24, 2.45) is 0 Å². The van der Waals surface area contributed by atoms with Crippen LogP contribution in [0.5, 0.6) is 0 Å². The van der Waals surface area contributed by atoms with Gasteiger partial charge in [0.15, 0.2) is 0 Å². The Hall–Kier alpha value is -1.63. The lowest BCUT2D eigenvalue weighted by Gasteiger charge is -2.05. The van der Waals surface area contributed by atoms with Crippen LogP contribution in [-0.4, -0.2) is 4.98 Å². The number of benzene rings is 1. The minimum absolute atomic E-state index is 0.0441. The highest BCUT2D eigenvalue weighted by molar-refractivity contribution is 5.62. The van der Waals surface area contributed by atoms with E-state index in [1.165, 1.54) is 12.3 Å². The van der Waals surface area contributed by atoms with Gasteiger partial charge in [0.1, 0.15) is 0 Å². The lowest BCUT2D eigenvalue weighted by Crippen LogP contribution is -1.88. The molecule has 0 saturated carbocycles. The number of aryl methyl sites for hydroxylation is 2. The van der Waals surface area contributed by atoms with Crippen LogP contribution in [0, 0.1) is 13.7 Å². The third-order valence-corrected chi connectivity index (χ3v) is 1.93. The molecule has 0 aliphatic rings. The highest BCUT2D eigenvalue weighted by atomic mass is 14.7. The average Bonchev–Trinajstić information content (AvgIpc) is 2.37. The summed E-state index contributed by atoms with van der Waals surface area (Å²) in [6.45, 7) is -4.79. The van der Waals surface area contributed by atoms with Gasteiger partial charge in [0.05, 0.1) is 5.69 Å². The van der Waals surface area contributed by atoms with Crippen molar-refractivity contribution in [2.75, 3.05) is 0 Å². The zero-order valence-corrected chi connectivity index (χ0v) is 7.49. The molecule has 0 spiro atoms. The van der Waals surface area contributed by atoms with Gasteiger partial charge in [-0.2, -0.15) is 0 Å². The Bertz CT molecular complexity index is 600. The summed E-state index contributed by atoms with van der Waals surface area (Å²) in [5.74, 6) is 0. The molecule has 0 amide bonds. The summed E-state index contributed by atoms with van der Waals surface area (Å²) >= 11 is 0. The molecule has 0 fully saturated rings. The van der Waals surface area contributed by atoms with E-state index in [9.17, 15) is 0 Å². The molecule has 14 heavy (non-hydrogen) atoms. The molecule has 1 heteroatoms. The predicted octanol–water partition coefficient (Wildman–Crippen LogP) is 3.37. The van der Waals surface area contributed by atoms with E-state index in [2.05, 4.69) is 4.98 Å². The molecular formula is C13H13N. The largest absolute Gasteiger partial charge is 0.256 e. The Labute approximate surface area is 92.9 Å². The summed E-state index contributed by atoms with van der Waals surface area (Å²) in [6.07, 6.45) is 1.21. The molecule has 1 aromatic heterocycles. The van der Waals surface area contributed by atoms with Gasteiger partial charge in [-0.25, -0.2) is 0 Å². The highest BCUT2D eigenvalue weighted by Crippen LogP contribution is 2.20. The van der Waals surface area contributed by atoms with Crippen LogP contribution in [0.3, 0.4) is 0 Å². The molecule has 1 heterocycles. The van der Waals surface area contributed by atoms with E-state index < -0.39 is 13.7 Å². The Morgan fingerprint density at radius 3 is 2.71 bits per heavy atom. The molecule has 2 aromatic rings. The van der Waals surface area contributed by atoms with Crippen LogP contribution in [0.4, 0.5) is 0 Å². The van der Waals surface area contributed by atoms with Crippen molar-refractivity contribution >= 4 is 0 Å². The van der Waals surface area contributed by atoms with Crippen molar-refractivity contribution in [3.63, 3.8) is 0 Å². The van der Waals surface area contributed by atoms with Gasteiger partial charge in [-0.05, 0) is 24.8 Å². The molecule has 0 unspecified atom stereocenters. The summed E-state index contributed by atoms with van der Waals surface area (Å²) in [5.41, 5.74) is 0.829. The predicted molar refractivity (Wildman–Crippen MR) is 59.1 cm³/mol. The zero-order valence-electron chi connectivity index (χ0n) is 13.5. The van der Waals surface area contributed by atoms with Crippen LogP contribution in [0.25, 0.3) is 11.3 Å². The lowest BCUT2D eigenvalue weighted by molar-refractivity contribution is 1.22. The van der Waals surface area contributed by atoms with E-state index in [1.54, 1.807) is 24.3 Å². The first-order valence-electron chi connectivity index (χ1n) is 7.26. The molecule has 0 bridgehead atoms. The van der Waals surface area contributed by atoms with Crippen molar-refractivity contribution in [1.29, 1.82) is 0 Å². The first-order valence-corrected chi connectivity index (χ1v) is 4.26. The van der Waals surface area contributed by atoms with Crippen LogP contribution >= 0.6 is 0 Å². The Balaban J connectivity index is 2.65. The maximum absolute atomic E-state index is 7.57. The second-order valence-corrected chi connectivity index (χ2v) is 2.99. The van der Waals surface area contributed by atoms with Crippen LogP contribution in [-0.2, 0) is 0 Å². The van der Waals surface area contributed by atoms with E-state index in [4.69, 9.17) is 8.22 Å². The normalized spacial score (nSPS) is 18.3. The third-order valence-electron chi connectivity index (χ3n) is 1.93. The molecular weight excluding hydrogens is 170 g/mol. The summed E-state index contributed by atoms with van der Waals surface area (Å²) in [6, 6.07) is 10.1. The van der Waals surface area contributed by atoms with Crippen LogP contribution < -0.4 is 0 Å². The number of hydrogen-bond donors (Lipinski definition) is 0. The van der Waals surface area contributed by atoms with Crippen molar-refractivity contribution < 1.29 is 8.22 Å². The Kier molecular flexibility index (Phi) is 1.10. The second kappa shape index (κ2) is 3.62. The van der Waals surface area contributed by atoms with Gasteiger partial charge in [0.2, 0.25) is 0 Å². The topological polar surface area (TPSA) is 12.9 Å². The molecule has 0 atom stereocenters. The fraction of sp³-hybridized carbons (Fsp3) is 0.154. The number of pyridine rings is 1. The quantitative estimate of drug-likeness (QED) is 0.670. The van der Waals surface area contributed by atoms with Gasteiger partial charge >= 0.3 is 0 Å². The fourth-order valence-corrected chi connectivity index (χ4v) is 1.29. The maximum Gasteiger partial charge on any atom is 0.0731 e. The van der Waals surface area contributed by atoms with Crippen LogP contribution in [0.15, 0.2) is 42.6 Å². The number of aromatic nitrogens is 1. The van der Waals surface area contributed by atoms with Crippen LogP contribution in [0.2, 0.25) is 0 Å². The van der Waals surface area contributed by atoms with Gasteiger partial charge in [0, 0.05) is 20.0 Å². The first-order chi connectivity index (χ1) is 9.19. The van der Waals surface area contributed by atoms with E-state index >= 15 is 0 Å². The molecule has 0 radical (unpaired) electrons. The van der Waals surface area contributed by atoms with E-state index in [0.29, 0.717) is 11.3 Å². The zero-order chi connectivity index (χ0) is 15.0. The minimum Gasteiger partial charge on any atom is -0.256 e. The molecule has 0 N–H and O–H groups in total. The molecule has 1 nitrogen and oxygen atoms in total. The SMILES string of the molecule is [2H]C([2H])([2H])c1cnc(-c2ccccc2)c(C([2H])([2H])[2H])c1. The average molecular weight is 189 g/mol. The summed E-state index contributed by atoms with van der Waals surface area (Å²) in [5, 5.41) is 0. The van der Waals surface area contributed by atoms with Crippen LogP contribution in [0.1, 0.15) is 19.4 Å². The minimum atomic E-state index is -2.42. The van der Waals surface area contributed by atoms with E-state index in [0.717, 1.165) is 0 Å². The first kappa shape index (κ1) is 4.26. The van der Waals surface area contributed by atoms with Crippen molar-refractivity contribution in [3.8, 4) is 11.3 Å². The summed E-state index contributed by atoms with van der Waals surface area (Å²) in [4.78, 5) is 4.06. The smallest absolute Gasteiger partial charge is 0.0731 e. The Morgan fingerprint density at radius 2 is 2.00 bits per heavy atom. The fourth-order valence-electron chi connectivity index (χ4n) is 1.29. The standard InChI is InChI=1S/C13H13N/c1-10-8-11(2)13(14-9-10)12-6-4-3-5-7-12/h3-9H,1-2H3/i1D3,2D3. The number of hydrogen-bond acceptors (Lipinski definition) is 1. The Morgan fingerprint density at radius 1 is 1.14 bits per heavy atom. The molecule has 1 aromatic carbocycles. The van der Waals surface area contributed by atoms with E-state index in [-0.39, 0.29) is 11.1 Å². The molecule has 0 aliphatic carbocycles. The summed E-state index contributed by atoms with van der Waals surface area (Å²) < 4.78 is 44.8. The van der Waals surface area contributed by atoms with Gasteiger partial charge in [0.25, 0.3) is 0 Å². The molecule has 2 rings (SSSR count). The summed E-state index contributed by atoms with van der Waals surface area (Å²) in [7, 11) is 0.